The van der Waals surface area contributed by atoms with Crippen molar-refractivity contribution in [2.75, 3.05) is 19.5 Å². The lowest BCUT2D eigenvalue weighted by Gasteiger charge is -2.20. The van der Waals surface area contributed by atoms with Gasteiger partial charge in [-0.15, -0.1) is 11.6 Å². The first-order valence-electron chi connectivity index (χ1n) is 7.10. The molecule has 1 aromatic rings. The monoisotopic (exact) mass is 279 g/mol. The fourth-order valence-electron chi connectivity index (χ4n) is 2.78. The smallest absolute Gasteiger partial charge is 0.226 e. The number of halogens is 1. The molecule has 0 atom stereocenters. The van der Waals surface area contributed by atoms with Crippen molar-refractivity contribution in [1.82, 2.24) is 4.90 Å². The third-order valence-corrected chi connectivity index (χ3v) is 4.17. The van der Waals surface area contributed by atoms with Gasteiger partial charge in [0.05, 0.1) is 0 Å². The molecule has 0 aromatic heterocycles. The number of nitrogens with zero attached hydrogens (tertiary/aromatic N) is 1. The number of unbranched alkanes of at least 4 members (excludes halogenated alkanes) is 2. The maximum Gasteiger partial charge on any atom is 0.226 e. The van der Waals surface area contributed by atoms with E-state index in [9.17, 15) is 4.79 Å². The Morgan fingerprint density at radius 1 is 1.21 bits per heavy atom. The highest BCUT2D eigenvalue weighted by molar-refractivity contribution is 6.17. The maximum atomic E-state index is 12.4. The molecule has 1 aromatic carbocycles. The molecule has 104 valence electrons. The zero-order valence-corrected chi connectivity index (χ0v) is 12.3. The number of alkyl halides is 1. The zero-order valence-electron chi connectivity index (χ0n) is 11.6. The standard InChI is InChI=1S/C16H22ClNO/c1-18(10-6-2-5-9-17)16(19)15-11-13-7-3-4-8-14(13)12-15/h3-4,7-8,15H,2,5-6,9-12H2,1H3. The molecule has 0 radical (unpaired) electrons. The topological polar surface area (TPSA) is 20.3 Å². The Morgan fingerprint density at radius 2 is 1.84 bits per heavy atom. The molecule has 0 saturated heterocycles. The second kappa shape index (κ2) is 6.95. The molecule has 0 bridgehead atoms. The van der Waals surface area contributed by atoms with Crippen LogP contribution in [0.15, 0.2) is 24.3 Å². The van der Waals surface area contributed by atoms with Gasteiger partial charge in [-0.05, 0) is 36.8 Å². The van der Waals surface area contributed by atoms with Crippen LogP contribution in [0.4, 0.5) is 0 Å². The van der Waals surface area contributed by atoms with E-state index in [2.05, 4.69) is 24.3 Å². The van der Waals surface area contributed by atoms with Gasteiger partial charge in [0.1, 0.15) is 0 Å². The summed E-state index contributed by atoms with van der Waals surface area (Å²) in [6, 6.07) is 8.40. The van der Waals surface area contributed by atoms with Crippen LogP contribution in [-0.2, 0) is 17.6 Å². The molecule has 0 unspecified atom stereocenters. The summed E-state index contributed by atoms with van der Waals surface area (Å²) in [4.78, 5) is 14.3. The second-order valence-corrected chi connectivity index (χ2v) is 5.76. The Hall–Kier alpha value is -1.02. The van der Waals surface area contributed by atoms with Crippen LogP contribution in [0.5, 0.6) is 0 Å². The van der Waals surface area contributed by atoms with Crippen molar-refractivity contribution in [2.45, 2.75) is 32.1 Å². The summed E-state index contributed by atoms with van der Waals surface area (Å²) in [6.07, 6.45) is 5.00. The van der Waals surface area contributed by atoms with Crippen LogP contribution in [0.1, 0.15) is 30.4 Å². The van der Waals surface area contributed by atoms with Gasteiger partial charge >= 0.3 is 0 Å². The minimum atomic E-state index is 0.149. The number of carbonyl (C=O) groups excluding carboxylic acids is 1. The van der Waals surface area contributed by atoms with Crippen LogP contribution >= 0.6 is 11.6 Å². The number of rotatable bonds is 6. The van der Waals surface area contributed by atoms with E-state index in [-0.39, 0.29) is 5.92 Å². The molecule has 3 heteroatoms. The third kappa shape index (κ3) is 3.73. The summed E-state index contributed by atoms with van der Waals surface area (Å²) < 4.78 is 0. The number of benzene rings is 1. The Bertz CT molecular complexity index is 408. The maximum absolute atomic E-state index is 12.4. The summed E-state index contributed by atoms with van der Waals surface area (Å²) in [5.41, 5.74) is 2.69. The predicted octanol–water partition coefficient (Wildman–Crippen LogP) is 3.27. The van der Waals surface area contributed by atoms with Gasteiger partial charge in [0.15, 0.2) is 0 Å². The molecule has 0 N–H and O–H groups in total. The Balaban J connectivity index is 1.81. The molecule has 1 aliphatic rings. The quantitative estimate of drug-likeness (QED) is 0.578. The van der Waals surface area contributed by atoms with Gasteiger partial charge in [-0.1, -0.05) is 30.7 Å². The summed E-state index contributed by atoms with van der Waals surface area (Å²) >= 11 is 5.65. The highest BCUT2D eigenvalue weighted by Crippen LogP contribution is 2.27. The molecule has 2 rings (SSSR count). The average molecular weight is 280 g/mol. The van der Waals surface area contributed by atoms with Crippen molar-refractivity contribution >= 4 is 17.5 Å². The SMILES string of the molecule is CN(CCCCCCl)C(=O)C1Cc2ccccc2C1. The molecule has 1 amide bonds. The summed E-state index contributed by atoms with van der Waals surface area (Å²) in [7, 11) is 1.92. The van der Waals surface area contributed by atoms with Gasteiger partial charge in [-0.2, -0.15) is 0 Å². The minimum absolute atomic E-state index is 0.149. The molecule has 19 heavy (non-hydrogen) atoms. The second-order valence-electron chi connectivity index (χ2n) is 5.38. The minimum Gasteiger partial charge on any atom is -0.346 e. The van der Waals surface area contributed by atoms with Gasteiger partial charge < -0.3 is 4.90 Å². The lowest BCUT2D eigenvalue weighted by atomic mass is 10.0. The Kier molecular flexibility index (Phi) is 5.26. The van der Waals surface area contributed by atoms with E-state index in [0.29, 0.717) is 5.91 Å². The first-order chi connectivity index (χ1) is 9.22. The van der Waals surface area contributed by atoms with Crippen LogP contribution in [0, 0.1) is 5.92 Å². The number of hydrogen-bond donors (Lipinski definition) is 0. The van der Waals surface area contributed by atoms with Crippen molar-refractivity contribution in [2.24, 2.45) is 5.92 Å². The first-order valence-corrected chi connectivity index (χ1v) is 7.63. The Labute approximate surface area is 120 Å². The number of hydrogen-bond acceptors (Lipinski definition) is 1. The molecule has 2 nitrogen and oxygen atoms in total. The number of amides is 1. The molecule has 0 saturated carbocycles. The Morgan fingerprint density at radius 3 is 2.42 bits per heavy atom. The van der Waals surface area contributed by atoms with Crippen LogP contribution in [0.2, 0.25) is 0 Å². The van der Waals surface area contributed by atoms with E-state index in [1.807, 2.05) is 11.9 Å². The van der Waals surface area contributed by atoms with E-state index < -0.39 is 0 Å². The van der Waals surface area contributed by atoms with Crippen molar-refractivity contribution in [1.29, 1.82) is 0 Å². The van der Waals surface area contributed by atoms with Crippen molar-refractivity contribution in [3.05, 3.63) is 35.4 Å². The van der Waals surface area contributed by atoms with Crippen LogP contribution in [0.3, 0.4) is 0 Å². The molecular formula is C16H22ClNO. The molecule has 0 fully saturated rings. The van der Waals surface area contributed by atoms with E-state index >= 15 is 0 Å². The predicted molar refractivity (Wildman–Crippen MR) is 79.5 cm³/mol. The lowest BCUT2D eigenvalue weighted by molar-refractivity contribution is -0.133. The molecular weight excluding hydrogens is 258 g/mol. The first kappa shape index (κ1) is 14.4. The van der Waals surface area contributed by atoms with Gasteiger partial charge in [-0.3, -0.25) is 4.79 Å². The van der Waals surface area contributed by atoms with Gasteiger partial charge in [0.25, 0.3) is 0 Å². The van der Waals surface area contributed by atoms with Gasteiger partial charge in [0, 0.05) is 25.4 Å². The molecule has 0 spiro atoms. The van der Waals surface area contributed by atoms with E-state index in [0.717, 1.165) is 44.5 Å². The van der Waals surface area contributed by atoms with Crippen LogP contribution in [0.25, 0.3) is 0 Å². The normalized spacial score (nSPS) is 14.4. The van der Waals surface area contributed by atoms with Crippen LogP contribution in [-0.4, -0.2) is 30.3 Å². The zero-order chi connectivity index (χ0) is 13.7. The number of fused-ring (bicyclic) bond motifs is 1. The summed E-state index contributed by atoms with van der Waals surface area (Å²) in [6.45, 7) is 0.850. The largest absolute Gasteiger partial charge is 0.346 e. The third-order valence-electron chi connectivity index (χ3n) is 3.90. The fraction of sp³-hybridized carbons (Fsp3) is 0.562. The average Bonchev–Trinajstić information content (AvgIpc) is 2.86. The molecule has 0 heterocycles. The summed E-state index contributed by atoms with van der Waals surface area (Å²) in [5.74, 6) is 1.16. The number of carbonyl (C=O) groups is 1. The van der Waals surface area contributed by atoms with E-state index in [4.69, 9.17) is 11.6 Å². The van der Waals surface area contributed by atoms with Crippen molar-refractivity contribution in [3.63, 3.8) is 0 Å². The van der Waals surface area contributed by atoms with Gasteiger partial charge in [-0.25, -0.2) is 0 Å². The lowest BCUT2D eigenvalue weighted by Crippen LogP contribution is -2.34. The van der Waals surface area contributed by atoms with E-state index in [1.54, 1.807) is 0 Å². The van der Waals surface area contributed by atoms with E-state index in [1.165, 1.54) is 11.1 Å². The highest BCUT2D eigenvalue weighted by Gasteiger charge is 2.28. The summed E-state index contributed by atoms with van der Waals surface area (Å²) in [5, 5.41) is 0. The van der Waals surface area contributed by atoms with Crippen LogP contribution < -0.4 is 0 Å². The fourth-order valence-corrected chi connectivity index (χ4v) is 2.96. The highest BCUT2D eigenvalue weighted by atomic mass is 35.5. The molecule has 1 aliphatic carbocycles. The molecule has 0 aliphatic heterocycles. The van der Waals surface area contributed by atoms with Crippen molar-refractivity contribution < 1.29 is 4.79 Å². The van der Waals surface area contributed by atoms with Gasteiger partial charge in [0.2, 0.25) is 5.91 Å². The van der Waals surface area contributed by atoms with Crippen molar-refractivity contribution in [3.8, 4) is 0 Å².